The minimum atomic E-state index is 0.433. The first-order valence-electron chi connectivity index (χ1n) is 17.2. The first kappa shape index (κ1) is 30.4. The minimum Gasteiger partial charge on any atom is -0.385 e. The standard InChI is InChI=1S/C40H50N4/c1-5-29-24-37(43-28(4)39(29)31-14-8-7-9-15-31)30-13-10-11-16-32(21-20-30)40-35-25-38(33-17-12-18-34(23-33)41-6-2)44-36(35)22-19-27(3)26-42-40/h7-9,12,14-15,17-18,23,25-27,29,39,41,44H,5-6,10-11,13,16,19-22,24H2,1-4H3/b37-30-,40-32-,42-26?. The number of nitrogens with one attached hydrogen (secondary N) is 2. The van der Waals surface area contributed by atoms with Gasteiger partial charge in [0.2, 0.25) is 0 Å². The molecule has 0 spiro atoms. The summed E-state index contributed by atoms with van der Waals surface area (Å²) >= 11 is 0. The molecule has 0 radical (unpaired) electrons. The number of benzene rings is 2. The van der Waals surface area contributed by atoms with Gasteiger partial charge in [-0.3, -0.25) is 9.98 Å². The van der Waals surface area contributed by atoms with Crippen LogP contribution in [0, 0.1) is 11.8 Å². The number of H-pyrrole nitrogens is 1. The number of nitrogens with zero attached hydrogens (tertiary/aromatic N) is 2. The van der Waals surface area contributed by atoms with Gasteiger partial charge in [0.05, 0.1) is 5.70 Å². The lowest BCUT2D eigenvalue weighted by atomic mass is 9.75. The fourth-order valence-corrected chi connectivity index (χ4v) is 7.63. The van der Waals surface area contributed by atoms with Crippen molar-refractivity contribution in [1.29, 1.82) is 0 Å². The predicted molar refractivity (Wildman–Crippen MR) is 189 cm³/mol. The maximum absolute atomic E-state index is 5.34. The zero-order chi connectivity index (χ0) is 30.5. The molecule has 3 heterocycles. The molecule has 0 bridgehead atoms. The summed E-state index contributed by atoms with van der Waals surface area (Å²) in [4.78, 5) is 14.4. The van der Waals surface area contributed by atoms with Crippen LogP contribution in [0.5, 0.6) is 0 Å². The van der Waals surface area contributed by atoms with Gasteiger partial charge >= 0.3 is 0 Å². The Labute approximate surface area is 264 Å². The molecule has 2 aromatic carbocycles. The van der Waals surface area contributed by atoms with Crippen molar-refractivity contribution in [2.24, 2.45) is 21.8 Å². The summed E-state index contributed by atoms with van der Waals surface area (Å²) in [6, 6.07) is 22.2. The molecule has 230 valence electrons. The molecule has 1 saturated carbocycles. The predicted octanol–water partition coefficient (Wildman–Crippen LogP) is 10.8. The van der Waals surface area contributed by atoms with Gasteiger partial charge in [-0.2, -0.15) is 0 Å². The zero-order valence-electron chi connectivity index (χ0n) is 27.3. The van der Waals surface area contributed by atoms with Crippen LogP contribution < -0.4 is 5.32 Å². The van der Waals surface area contributed by atoms with Gasteiger partial charge in [-0.25, -0.2) is 0 Å². The van der Waals surface area contributed by atoms with Gasteiger partial charge in [0.15, 0.2) is 0 Å². The Kier molecular flexibility index (Phi) is 9.64. The van der Waals surface area contributed by atoms with E-state index in [1.807, 2.05) is 0 Å². The summed E-state index contributed by atoms with van der Waals surface area (Å²) in [6.45, 7) is 9.99. The Bertz CT molecular complexity index is 1570. The molecule has 3 aliphatic rings. The molecule has 6 rings (SSSR count). The van der Waals surface area contributed by atoms with Crippen LogP contribution in [0.15, 0.2) is 87.5 Å². The second-order valence-electron chi connectivity index (χ2n) is 13.2. The van der Waals surface area contributed by atoms with Gasteiger partial charge in [0.1, 0.15) is 0 Å². The van der Waals surface area contributed by atoms with Crippen LogP contribution in [0.2, 0.25) is 0 Å². The quantitative estimate of drug-likeness (QED) is 0.307. The van der Waals surface area contributed by atoms with E-state index in [4.69, 9.17) is 9.98 Å². The zero-order valence-corrected chi connectivity index (χ0v) is 27.3. The number of rotatable bonds is 5. The van der Waals surface area contributed by atoms with Crippen LogP contribution >= 0.6 is 0 Å². The maximum Gasteiger partial charge on any atom is 0.0708 e. The van der Waals surface area contributed by atoms with E-state index in [1.54, 1.807) is 5.57 Å². The van der Waals surface area contributed by atoms with Gasteiger partial charge in [-0.1, -0.05) is 62.7 Å². The number of anilines is 1. The van der Waals surface area contributed by atoms with Gasteiger partial charge in [0, 0.05) is 52.7 Å². The molecule has 2 N–H and O–H groups in total. The number of aromatic amines is 1. The van der Waals surface area contributed by atoms with Crippen molar-refractivity contribution in [3.8, 4) is 11.3 Å². The van der Waals surface area contributed by atoms with Crippen molar-refractivity contribution < 1.29 is 0 Å². The number of aryl methyl sites for hydroxylation is 1. The van der Waals surface area contributed by atoms with Gasteiger partial charge in [0.25, 0.3) is 0 Å². The molecule has 2 aliphatic heterocycles. The highest BCUT2D eigenvalue weighted by Gasteiger charge is 2.30. The van der Waals surface area contributed by atoms with Crippen LogP contribution in [0.3, 0.4) is 0 Å². The van der Waals surface area contributed by atoms with E-state index in [9.17, 15) is 0 Å². The van der Waals surface area contributed by atoms with E-state index in [0.29, 0.717) is 17.8 Å². The normalized spacial score (nSPS) is 26.2. The topological polar surface area (TPSA) is 52.5 Å². The molecule has 3 atom stereocenters. The van der Waals surface area contributed by atoms with Crippen LogP contribution in [-0.4, -0.2) is 23.5 Å². The molecule has 3 aromatic rings. The molecule has 44 heavy (non-hydrogen) atoms. The van der Waals surface area contributed by atoms with E-state index in [2.05, 4.69) is 105 Å². The average molecular weight is 587 g/mol. The average Bonchev–Trinajstić information content (AvgIpc) is 3.44. The van der Waals surface area contributed by atoms with Crippen LogP contribution in [-0.2, 0) is 6.42 Å². The fourth-order valence-electron chi connectivity index (χ4n) is 7.63. The Morgan fingerprint density at radius 2 is 1.68 bits per heavy atom. The van der Waals surface area contributed by atoms with E-state index in [1.165, 1.54) is 82.1 Å². The number of fused-ring (bicyclic) bond motifs is 1. The molecule has 0 saturated heterocycles. The van der Waals surface area contributed by atoms with Gasteiger partial charge in [-0.15, -0.1) is 0 Å². The Morgan fingerprint density at radius 3 is 2.48 bits per heavy atom. The lowest BCUT2D eigenvalue weighted by Gasteiger charge is -2.33. The number of hydrogen-bond donors (Lipinski definition) is 2. The van der Waals surface area contributed by atoms with Crippen LogP contribution in [0.25, 0.3) is 17.0 Å². The summed E-state index contributed by atoms with van der Waals surface area (Å²) in [5, 5.41) is 3.47. The lowest BCUT2D eigenvalue weighted by Crippen LogP contribution is -2.25. The SMILES string of the molecule is CCNc1cccc(-c2cc3c([nH]2)CCC(C)C=N/C3=C2/CCCC/C(=C3\CC(CC)C(c4ccccc4)C(C)=N3)CC2)c1. The van der Waals surface area contributed by atoms with E-state index < -0.39 is 0 Å². The third kappa shape index (κ3) is 6.70. The Balaban J connectivity index is 1.33. The largest absolute Gasteiger partial charge is 0.385 e. The third-order valence-electron chi connectivity index (χ3n) is 10.1. The Hall–Kier alpha value is -3.66. The highest BCUT2D eigenvalue weighted by molar-refractivity contribution is 5.91. The number of allylic oxidation sites excluding steroid dienone is 3. The second kappa shape index (κ2) is 14.0. The van der Waals surface area contributed by atoms with Crippen molar-refractivity contribution in [3.63, 3.8) is 0 Å². The Morgan fingerprint density at radius 1 is 0.886 bits per heavy atom. The minimum absolute atomic E-state index is 0.433. The molecule has 4 heteroatoms. The third-order valence-corrected chi connectivity index (χ3v) is 10.1. The molecule has 1 aromatic heterocycles. The summed E-state index contributed by atoms with van der Waals surface area (Å²) in [7, 11) is 0. The first-order valence-corrected chi connectivity index (χ1v) is 17.2. The smallest absolute Gasteiger partial charge is 0.0708 e. The molecule has 3 unspecified atom stereocenters. The highest BCUT2D eigenvalue weighted by atomic mass is 14.9. The van der Waals surface area contributed by atoms with Crippen LogP contribution in [0.1, 0.15) is 108 Å². The van der Waals surface area contributed by atoms with Crippen LogP contribution in [0.4, 0.5) is 5.69 Å². The lowest BCUT2D eigenvalue weighted by molar-refractivity contribution is 0.452. The second-order valence-corrected chi connectivity index (χ2v) is 13.2. The molecular formula is C40H50N4. The number of aliphatic imine (C=N–C) groups is 2. The summed E-state index contributed by atoms with van der Waals surface area (Å²) < 4.78 is 0. The summed E-state index contributed by atoms with van der Waals surface area (Å²) in [6.07, 6.45) is 13.6. The van der Waals surface area contributed by atoms with Crippen molar-refractivity contribution in [2.75, 3.05) is 11.9 Å². The summed E-state index contributed by atoms with van der Waals surface area (Å²) in [5.74, 6) is 1.52. The maximum atomic E-state index is 5.34. The van der Waals surface area contributed by atoms with Crippen molar-refractivity contribution >= 4 is 23.3 Å². The first-order chi connectivity index (χ1) is 21.5. The van der Waals surface area contributed by atoms with Gasteiger partial charge < -0.3 is 10.3 Å². The summed E-state index contributed by atoms with van der Waals surface area (Å²) in [5.41, 5.74) is 14.7. The van der Waals surface area contributed by atoms with Crippen molar-refractivity contribution in [3.05, 3.63) is 94.3 Å². The molecule has 1 aliphatic carbocycles. The van der Waals surface area contributed by atoms with Crippen molar-refractivity contribution in [2.45, 2.75) is 97.8 Å². The van der Waals surface area contributed by atoms with Gasteiger partial charge in [-0.05, 0) is 124 Å². The monoisotopic (exact) mass is 586 g/mol. The number of aromatic nitrogens is 1. The molecule has 0 amide bonds. The molecule has 4 nitrogen and oxygen atoms in total. The van der Waals surface area contributed by atoms with E-state index in [-0.39, 0.29) is 0 Å². The molecular weight excluding hydrogens is 536 g/mol. The fraction of sp³-hybridized carbons (Fsp3) is 0.450. The van der Waals surface area contributed by atoms with Crippen molar-refractivity contribution in [1.82, 2.24) is 4.98 Å². The highest BCUT2D eigenvalue weighted by Crippen LogP contribution is 2.42. The van der Waals surface area contributed by atoms with E-state index >= 15 is 0 Å². The van der Waals surface area contributed by atoms with E-state index in [0.717, 1.165) is 45.1 Å². The number of hydrogen-bond acceptors (Lipinski definition) is 3. The molecule has 1 fully saturated rings.